The van der Waals surface area contributed by atoms with Gasteiger partial charge in [-0.1, -0.05) is 71.2 Å². The number of benzene rings is 3. The van der Waals surface area contributed by atoms with Crippen molar-refractivity contribution in [2.24, 2.45) is 0 Å². The fourth-order valence-corrected chi connectivity index (χ4v) is 3.23. The van der Waals surface area contributed by atoms with E-state index in [0.717, 1.165) is 27.9 Å². The van der Waals surface area contributed by atoms with Crippen LogP contribution in [-0.2, 0) is 12.8 Å². The maximum absolute atomic E-state index is 6.04. The van der Waals surface area contributed by atoms with E-state index in [0.29, 0.717) is 5.92 Å². The molecule has 0 fully saturated rings. The molecule has 0 heterocycles. The molecule has 0 radical (unpaired) electrons. The van der Waals surface area contributed by atoms with Crippen molar-refractivity contribution in [3.05, 3.63) is 105 Å². The van der Waals surface area contributed by atoms with Crippen LogP contribution >= 0.6 is 34.8 Å². The summed E-state index contributed by atoms with van der Waals surface area (Å²) < 4.78 is 0. The summed E-state index contributed by atoms with van der Waals surface area (Å²) >= 11 is 18.0. The van der Waals surface area contributed by atoms with Gasteiger partial charge in [-0.05, 0) is 71.8 Å². The third-order valence-electron chi connectivity index (χ3n) is 4.13. The zero-order chi connectivity index (χ0) is 16.9. The monoisotopic (exact) mass is 374 g/mol. The summed E-state index contributed by atoms with van der Waals surface area (Å²) in [7, 11) is 0. The zero-order valence-electron chi connectivity index (χ0n) is 13.1. The Bertz CT molecular complexity index is 727. The Labute approximate surface area is 158 Å². The Balaban J connectivity index is 1.86. The molecule has 0 unspecified atom stereocenters. The van der Waals surface area contributed by atoms with Crippen LogP contribution in [0.4, 0.5) is 0 Å². The number of halogens is 3. The fourth-order valence-electron chi connectivity index (χ4n) is 2.85. The highest BCUT2D eigenvalue weighted by Gasteiger charge is 2.14. The van der Waals surface area contributed by atoms with E-state index < -0.39 is 0 Å². The first-order chi connectivity index (χ1) is 11.6. The van der Waals surface area contributed by atoms with Crippen molar-refractivity contribution in [3.8, 4) is 0 Å². The fraction of sp³-hybridized carbons (Fsp3) is 0.143. The number of rotatable bonds is 5. The van der Waals surface area contributed by atoms with Crippen molar-refractivity contribution in [1.29, 1.82) is 0 Å². The summed E-state index contributed by atoms with van der Waals surface area (Å²) in [6, 6.07) is 24.3. The quantitative estimate of drug-likeness (QED) is 0.441. The molecule has 0 bridgehead atoms. The van der Waals surface area contributed by atoms with Gasteiger partial charge in [0.2, 0.25) is 0 Å². The summed E-state index contributed by atoms with van der Waals surface area (Å²) in [6.07, 6.45) is 1.89. The summed E-state index contributed by atoms with van der Waals surface area (Å²) in [5.41, 5.74) is 3.82. The van der Waals surface area contributed by atoms with Crippen molar-refractivity contribution in [1.82, 2.24) is 0 Å². The van der Waals surface area contributed by atoms with Gasteiger partial charge in [0.1, 0.15) is 0 Å². The molecule has 0 aliphatic heterocycles. The van der Waals surface area contributed by atoms with E-state index in [1.165, 1.54) is 16.7 Å². The van der Waals surface area contributed by atoms with E-state index in [2.05, 4.69) is 36.4 Å². The SMILES string of the molecule is Clc1ccc(CC(Cc2ccc(Cl)cc2)c2ccc(Cl)cc2)cc1. The molecule has 3 heteroatoms. The second-order valence-corrected chi connectivity index (χ2v) is 7.22. The van der Waals surface area contributed by atoms with Gasteiger partial charge < -0.3 is 0 Å². The van der Waals surface area contributed by atoms with Crippen molar-refractivity contribution >= 4 is 34.8 Å². The number of hydrogen-bond donors (Lipinski definition) is 0. The van der Waals surface area contributed by atoms with Crippen molar-refractivity contribution in [2.45, 2.75) is 18.8 Å². The van der Waals surface area contributed by atoms with Crippen molar-refractivity contribution < 1.29 is 0 Å². The average Bonchev–Trinajstić information content (AvgIpc) is 2.59. The van der Waals surface area contributed by atoms with Gasteiger partial charge in [-0.25, -0.2) is 0 Å². The summed E-state index contributed by atoms with van der Waals surface area (Å²) in [4.78, 5) is 0. The van der Waals surface area contributed by atoms with Crippen LogP contribution in [0.1, 0.15) is 22.6 Å². The molecule has 3 aromatic carbocycles. The smallest absolute Gasteiger partial charge is 0.0406 e. The first-order valence-electron chi connectivity index (χ1n) is 7.84. The normalized spacial score (nSPS) is 11.0. The minimum atomic E-state index is 0.365. The van der Waals surface area contributed by atoms with Gasteiger partial charge in [-0.15, -0.1) is 0 Å². The van der Waals surface area contributed by atoms with E-state index in [-0.39, 0.29) is 0 Å². The van der Waals surface area contributed by atoms with Crippen LogP contribution in [0.5, 0.6) is 0 Å². The first-order valence-corrected chi connectivity index (χ1v) is 8.98. The highest BCUT2D eigenvalue weighted by Crippen LogP contribution is 2.27. The van der Waals surface area contributed by atoms with Gasteiger partial charge in [0.25, 0.3) is 0 Å². The Kier molecular flexibility index (Phi) is 5.84. The Morgan fingerprint density at radius 2 is 0.833 bits per heavy atom. The second kappa shape index (κ2) is 8.07. The van der Waals surface area contributed by atoms with Crippen LogP contribution in [0.2, 0.25) is 15.1 Å². The largest absolute Gasteiger partial charge is 0.0843 e. The van der Waals surface area contributed by atoms with Crippen molar-refractivity contribution in [2.75, 3.05) is 0 Å². The maximum Gasteiger partial charge on any atom is 0.0406 e. The maximum atomic E-state index is 6.04. The molecule has 3 aromatic rings. The van der Waals surface area contributed by atoms with Gasteiger partial charge in [-0.3, -0.25) is 0 Å². The molecule has 0 nitrogen and oxygen atoms in total. The van der Waals surface area contributed by atoms with E-state index in [9.17, 15) is 0 Å². The molecule has 0 N–H and O–H groups in total. The van der Waals surface area contributed by atoms with E-state index in [1.54, 1.807) is 0 Å². The lowest BCUT2D eigenvalue weighted by molar-refractivity contribution is 0.680. The van der Waals surface area contributed by atoms with Crippen molar-refractivity contribution in [3.63, 3.8) is 0 Å². The van der Waals surface area contributed by atoms with Crippen LogP contribution in [0.25, 0.3) is 0 Å². The van der Waals surface area contributed by atoms with Gasteiger partial charge in [0.05, 0.1) is 0 Å². The van der Waals surface area contributed by atoms with E-state index in [4.69, 9.17) is 34.8 Å². The predicted octanol–water partition coefficient (Wildman–Crippen LogP) is 7.22. The summed E-state index contributed by atoms with van der Waals surface area (Å²) in [5.74, 6) is 0.365. The Hall–Kier alpha value is -1.47. The lowest BCUT2D eigenvalue weighted by atomic mass is 9.87. The Morgan fingerprint density at radius 3 is 1.21 bits per heavy atom. The molecule has 0 saturated heterocycles. The van der Waals surface area contributed by atoms with E-state index >= 15 is 0 Å². The molecule has 0 aromatic heterocycles. The molecular formula is C21H17Cl3. The average molecular weight is 376 g/mol. The van der Waals surface area contributed by atoms with Crippen LogP contribution in [0.15, 0.2) is 72.8 Å². The highest BCUT2D eigenvalue weighted by atomic mass is 35.5. The van der Waals surface area contributed by atoms with Crippen LogP contribution < -0.4 is 0 Å². The lowest BCUT2D eigenvalue weighted by Crippen LogP contribution is -2.07. The molecule has 0 aliphatic carbocycles. The van der Waals surface area contributed by atoms with Crippen LogP contribution in [0.3, 0.4) is 0 Å². The lowest BCUT2D eigenvalue weighted by Gasteiger charge is -2.18. The second-order valence-electron chi connectivity index (χ2n) is 5.91. The topological polar surface area (TPSA) is 0 Å². The minimum Gasteiger partial charge on any atom is -0.0843 e. The molecule has 0 spiro atoms. The molecule has 122 valence electrons. The van der Waals surface area contributed by atoms with Gasteiger partial charge >= 0.3 is 0 Å². The zero-order valence-corrected chi connectivity index (χ0v) is 15.3. The third-order valence-corrected chi connectivity index (χ3v) is 4.89. The van der Waals surface area contributed by atoms with E-state index in [1.807, 2.05) is 36.4 Å². The Morgan fingerprint density at radius 1 is 0.500 bits per heavy atom. The third kappa shape index (κ3) is 4.77. The molecule has 3 rings (SSSR count). The first kappa shape index (κ1) is 17.4. The molecule has 0 aliphatic rings. The standard InChI is InChI=1S/C21H17Cl3/c22-19-7-1-15(2-8-19)13-18(17-5-11-21(24)12-6-17)14-16-3-9-20(23)10-4-16/h1-12,18H,13-14H2. The van der Waals surface area contributed by atoms with Crippen LogP contribution in [0, 0.1) is 0 Å². The molecule has 0 atom stereocenters. The molecule has 0 saturated carbocycles. The molecule has 0 amide bonds. The van der Waals surface area contributed by atoms with Gasteiger partial charge in [0, 0.05) is 15.1 Å². The van der Waals surface area contributed by atoms with Gasteiger partial charge in [-0.2, -0.15) is 0 Å². The molecule has 24 heavy (non-hydrogen) atoms. The molecular weight excluding hydrogens is 359 g/mol. The predicted molar refractivity (Wildman–Crippen MR) is 105 cm³/mol. The van der Waals surface area contributed by atoms with Crippen LogP contribution in [-0.4, -0.2) is 0 Å². The minimum absolute atomic E-state index is 0.365. The number of hydrogen-bond acceptors (Lipinski definition) is 0. The summed E-state index contributed by atoms with van der Waals surface area (Å²) in [5, 5.41) is 2.29. The highest BCUT2D eigenvalue weighted by molar-refractivity contribution is 6.31. The van der Waals surface area contributed by atoms with Gasteiger partial charge in [0.15, 0.2) is 0 Å². The summed E-state index contributed by atoms with van der Waals surface area (Å²) in [6.45, 7) is 0.